The van der Waals surface area contributed by atoms with E-state index in [2.05, 4.69) is 20.6 Å². The average Bonchev–Trinajstić information content (AvgIpc) is 2.86. The van der Waals surface area contributed by atoms with E-state index in [1.54, 1.807) is 6.07 Å². The van der Waals surface area contributed by atoms with Crippen molar-refractivity contribution in [2.45, 2.75) is 31.8 Å². The Kier molecular flexibility index (Phi) is 7.16. The Labute approximate surface area is 204 Å². The number of halogens is 4. The lowest BCUT2D eigenvalue weighted by Gasteiger charge is -2.22. The van der Waals surface area contributed by atoms with Crippen molar-refractivity contribution in [3.8, 4) is 11.3 Å². The largest absolute Gasteiger partial charge is 0.433 e. The summed E-state index contributed by atoms with van der Waals surface area (Å²) in [6.45, 7) is 1.16. The lowest BCUT2D eigenvalue weighted by atomic mass is 10.1. The molecule has 0 radical (unpaired) electrons. The van der Waals surface area contributed by atoms with E-state index in [1.807, 2.05) is 36.4 Å². The van der Waals surface area contributed by atoms with E-state index in [1.165, 1.54) is 19.1 Å². The van der Waals surface area contributed by atoms with E-state index in [9.17, 15) is 27.5 Å². The summed E-state index contributed by atoms with van der Waals surface area (Å²) in [6.07, 6.45) is -4.65. The molecule has 4 rings (SSSR count). The number of anilines is 1. The van der Waals surface area contributed by atoms with Crippen LogP contribution in [-0.2, 0) is 17.5 Å². The zero-order chi connectivity index (χ0) is 25.9. The third kappa shape index (κ3) is 5.77. The second-order valence-electron chi connectivity index (χ2n) is 8.20. The van der Waals surface area contributed by atoms with Crippen molar-refractivity contribution in [3.05, 3.63) is 90.1 Å². The Bertz CT molecular complexity index is 1370. The molecular weight excluding hydrogens is 476 g/mol. The number of hydrogen-bond acceptors (Lipinski definition) is 5. The monoisotopic (exact) mass is 498 g/mol. The fourth-order valence-corrected chi connectivity index (χ4v) is 3.63. The number of pyridine rings is 2. The highest BCUT2D eigenvalue weighted by molar-refractivity contribution is 5.88. The van der Waals surface area contributed by atoms with E-state index in [-0.39, 0.29) is 23.5 Å². The summed E-state index contributed by atoms with van der Waals surface area (Å²) in [4.78, 5) is 20.3. The van der Waals surface area contributed by atoms with Crippen LogP contribution in [0.15, 0.2) is 72.9 Å². The van der Waals surface area contributed by atoms with Gasteiger partial charge >= 0.3 is 6.18 Å². The van der Waals surface area contributed by atoms with E-state index in [0.717, 1.165) is 29.1 Å². The topological polar surface area (TPSA) is 87.1 Å². The zero-order valence-electron chi connectivity index (χ0n) is 19.1. The van der Waals surface area contributed by atoms with Gasteiger partial charge in [-0.2, -0.15) is 13.2 Å². The third-order valence-corrected chi connectivity index (χ3v) is 5.53. The highest BCUT2D eigenvalue weighted by atomic mass is 19.4. The van der Waals surface area contributed by atoms with Gasteiger partial charge in [-0.1, -0.05) is 30.3 Å². The molecule has 3 N–H and O–H groups in total. The molecular formula is C26H22F4N4O2. The van der Waals surface area contributed by atoms with Crippen LogP contribution < -0.4 is 10.6 Å². The van der Waals surface area contributed by atoms with E-state index >= 15 is 0 Å². The predicted molar refractivity (Wildman–Crippen MR) is 127 cm³/mol. The summed E-state index contributed by atoms with van der Waals surface area (Å²) in [7, 11) is 0. The van der Waals surface area contributed by atoms with Crippen molar-refractivity contribution in [1.29, 1.82) is 0 Å². The second kappa shape index (κ2) is 10.3. The van der Waals surface area contributed by atoms with E-state index < -0.39 is 35.7 Å². The van der Waals surface area contributed by atoms with E-state index in [4.69, 9.17) is 0 Å². The van der Waals surface area contributed by atoms with Crippen LogP contribution in [0.1, 0.15) is 18.3 Å². The highest BCUT2D eigenvalue weighted by Gasteiger charge is 2.32. The standard InChI is InChI=1S/C26H22F4N4O2/c1-15(35)24(33-19-8-6-16-4-2-3-5-17(16)12-19)25(36)32-14-22-20(27)9-10-21(34-22)18-7-11-23(31-13-18)26(28,29)30/h2-13,15,24,33,35H,14H2,1H3,(H,32,36)/t15-,24+/m1/s1. The van der Waals surface area contributed by atoms with Gasteiger partial charge in [-0.15, -0.1) is 0 Å². The van der Waals surface area contributed by atoms with Crippen LogP contribution in [0, 0.1) is 5.82 Å². The number of aliphatic hydroxyl groups excluding tert-OH is 1. The summed E-state index contributed by atoms with van der Waals surface area (Å²) in [5.74, 6) is -1.28. The summed E-state index contributed by atoms with van der Waals surface area (Å²) in [5.41, 5.74) is -0.0887. The fraction of sp³-hybridized carbons (Fsp3) is 0.192. The Morgan fingerprint density at radius 2 is 1.78 bits per heavy atom. The first-order valence-corrected chi connectivity index (χ1v) is 11.0. The summed E-state index contributed by atoms with van der Waals surface area (Å²) in [5, 5.41) is 17.7. The number of nitrogens with zero attached hydrogens (tertiary/aromatic N) is 2. The molecule has 10 heteroatoms. The number of fused-ring (bicyclic) bond motifs is 1. The molecule has 0 unspecified atom stereocenters. The molecule has 36 heavy (non-hydrogen) atoms. The van der Waals surface area contributed by atoms with Crippen molar-refractivity contribution in [3.63, 3.8) is 0 Å². The number of amides is 1. The maximum Gasteiger partial charge on any atom is 0.433 e. The van der Waals surface area contributed by atoms with Gasteiger partial charge in [0.05, 0.1) is 24.0 Å². The van der Waals surface area contributed by atoms with Crippen LogP contribution >= 0.6 is 0 Å². The Morgan fingerprint density at radius 1 is 1.03 bits per heavy atom. The maximum atomic E-state index is 14.4. The molecule has 4 aromatic rings. The highest BCUT2D eigenvalue weighted by Crippen LogP contribution is 2.29. The molecule has 0 fully saturated rings. The molecule has 2 aromatic carbocycles. The van der Waals surface area contributed by atoms with Gasteiger partial charge in [-0.25, -0.2) is 9.37 Å². The first kappa shape index (κ1) is 25.1. The van der Waals surface area contributed by atoms with Gasteiger partial charge in [0.1, 0.15) is 17.6 Å². The summed E-state index contributed by atoms with van der Waals surface area (Å²) < 4.78 is 52.6. The molecule has 0 saturated carbocycles. The number of alkyl halides is 3. The van der Waals surface area contributed by atoms with Crippen LogP contribution in [-0.4, -0.2) is 33.1 Å². The third-order valence-electron chi connectivity index (χ3n) is 5.53. The first-order chi connectivity index (χ1) is 17.1. The summed E-state index contributed by atoms with van der Waals surface area (Å²) >= 11 is 0. The Balaban J connectivity index is 1.47. The SMILES string of the molecule is C[C@@H](O)[C@H](Nc1ccc2ccccc2c1)C(=O)NCc1nc(-c2ccc(C(F)(F)F)nc2)ccc1F. The van der Waals surface area contributed by atoms with Crippen molar-refractivity contribution in [2.24, 2.45) is 0 Å². The van der Waals surface area contributed by atoms with Crippen LogP contribution in [0.4, 0.5) is 23.2 Å². The van der Waals surface area contributed by atoms with Crippen molar-refractivity contribution < 1.29 is 27.5 Å². The van der Waals surface area contributed by atoms with Crippen LogP contribution in [0.25, 0.3) is 22.0 Å². The van der Waals surface area contributed by atoms with Gasteiger partial charge in [-0.05, 0) is 54.1 Å². The van der Waals surface area contributed by atoms with Gasteiger partial charge in [0, 0.05) is 17.4 Å². The van der Waals surface area contributed by atoms with Gasteiger partial charge in [-0.3, -0.25) is 9.78 Å². The average molecular weight is 498 g/mol. The van der Waals surface area contributed by atoms with E-state index in [0.29, 0.717) is 5.69 Å². The molecule has 0 aliphatic rings. The molecule has 0 aliphatic carbocycles. The molecule has 186 valence electrons. The quantitative estimate of drug-likeness (QED) is 0.315. The number of aliphatic hydroxyl groups is 1. The molecule has 6 nitrogen and oxygen atoms in total. The molecule has 2 aromatic heterocycles. The molecule has 0 aliphatic heterocycles. The molecule has 0 spiro atoms. The van der Waals surface area contributed by atoms with Crippen LogP contribution in [0.5, 0.6) is 0 Å². The van der Waals surface area contributed by atoms with Gasteiger partial charge in [0.25, 0.3) is 0 Å². The molecule has 2 atom stereocenters. The lowest BCUT2D eigenvalue weighted by molar-refractivity contribution is -0.141. The van der Waals surface area contributed by atoms with Crippen LogP contribution in [0.3, 0.4) is 0 Å². The number of carbonyl (C=O) groups is 1. The van der Waals surface area contributed by atoms with Crippen LogP contribution in [0.2, 0.25) is 0 Å². The molecule has 0 bridgehead atoms. The minimum atomic E-state index is -4.58. The number of nitrogens with one attached hydrogen (secondary N) is 2. The number of carbonyl (C=O) groups excluding carboxylic acids is 1. The smallest absolute Gasteiger partial charge is 0.391 e. The fourth-order valence-electron chi connectivity index (χ4n) is 3.63. The normalized spacial score (nSPS) is 13.3. The lowest BCUT2D eigenvalue weighted by Crippen LogP contribution is -2.46. The minimum absolute atomic E-state index is 0.115. The Hall–Kier alpha value is -4.05. The number of benzene rings is 2. The maximum absolute atomic E-state index is 14.4. The van der Waals surface area contributed by atoms with Gasteiger partial charge < -0.3 is 15.7 Å². The predicted octanol–water partition coefficient (Wildman–Crippen LogP) is 4.93. The zero-order valence-corrected chi connectivity index (χ0v) is 19.1. The Morgan fingerprint density at radius 3 is 2.44 bits per heavy atom. The molecule has 2 heterocycles. The number of hydrogen-bond donors (Lipinski definition) is 3. The number of aromatic nitrogens is 2. The van der Waals surface area contributed by atoms with Crippen molar-refractivity contribution in [1.82, 2.24) is 15.3 Å². The van der Waals surface area contributed by atoms with Gasteiger partial charge in [0.2, 0.25) is 5.91 Å². The summed E-state index contributed by atoms with van der Waals surface area (Å²) in [6, 6.07) is 16.6. The second-order valence-corrected chi connectivity index (χ2v) is 8.20. The van der Waals surface area contributed by atoms with Gasteiger partial charge in [0.15, 0.2) is 0 Å². The number of rotatable bonds is 7. The van der Waals surface area contributed by atoms with Crippen molar-refractivity contribution >= 4 is 22.4 Å². The first-order valence-electron chi connectivity index (χ1n) is 11.0. The minimum Gasteiger partial charge on any atom is -0.391 e. The van der Waals surface area contributed by atoms with Crippen molar-refractivity contribution in [2.75, 3.05) is 5.32 Å². The molecule has 1 amide bonds. The molecule has 0 saturated heterocycles.